The van der Waals surface area contributed by atoms with Gasteiger partial charge in [-0.2, -0.15) is 0 Å². The third kappa shape index (κ3) is 5.83. The summed E-state index contributed by atoms with van der Waals surface area (Å²) in [6, 6.07) is 12.2. The number of amides is 1. The first kappa shape index (κ1) is 28.3. The number of nitrogen functional groups attached to an aromatic ring is 1. The zero-order valence-corrected chi connectivity index (χ0v) is 22.9. The highest BCUT2D eigenvalue weighted by Crippen LogP contribution is 2.31. The standard InChI is InChI=1S/C29H31FN6O4/c1-16(2)23(24(38)26-34-35-28(40-26)29(4,5)19-8-6-7-17(3)13-19)33-22(37)15-36-25(32-14-21(31)27(36)39)18-9-11-20(30)12-10-18/h6-14,16,23H,15,31H2,1-5H3,(H,33,37). The monoisotopic (exact) mass is 546 g/mol. The van der Waals surface area contributed by atoms with Crippen LogP contribution in [0.3, 0.4) is 0 Å². The van der Waals surface area contributed by atoms with Crippen molar-refractivity contribution in [3.63, 3.8) is 0 Å². The van der Waals surface area contributed by atoms with Crippen LogP contribution in [0.15, 0.2) is 63.9 Å². The van der Waals surface area contributed by atoms with Crippen LogP contribution in [0.25, 0.3) is 11.4 Å². The zero-order chi connectivity index (χ0) is 29.2. The number of hydrogen-bond acceptors (Lipinski definition) is 8. The molecule has 11 heteroatoms. The molecule has 0 radical (unpaired) electrons. The minimum Gasteiger partial charge on any atom is -0.417 e. The molecule has 0 spiro atoms. The first-order chi connectivity index (χ1) is 18.9. The number of carbonyl (C=O) groups is 2. The maximum absolute atomic E-state index is 13.4. The Morgan fingerprint density at radius 3 is 2.48 bits per heavy atom. The summed E-state index contributed by atoms with van der Waals surface area (Å²) in [6.45, 7) is 8.86. The van der Waals surface area contributed by atoms with E-state index in [0.29, 0.717) is 5.56 Å². The van der Waals surface area contributed by atoms with Crippen LogP contribution in [0, 0.1) is 18.7 Å². The van der Waals surface area contributed by atoms with Crippen molar-refractivity contribution < 1.29 is 18.4 Å². The molecule has 1 unspecified atom stereocenters. The van der Waals surface area contributed by atoms with Crippen LogP contribution in [-0.4, -0.2) is 37.5 Å². The first-order valence-corrected chi connectivity index (χ1v) is 12.7. The molecule has 10 nitrogen and oxygen atoms in total. The van der Waals surface area contributed by atoms with Gasteiger partial charge in [-0.25, -0.2) is 9.37 Å². The molecule has 0 bridgehead atoms. The van der Waals surface area contributed by atoms with E-state index in [4.69, 9.17) is 10.2 Å². The van der Waals surface area contributed by atoms with Crippen LogP contribution in [0.1, 0.15) is 55.4 Å². The average molecular weight is 547 g/mol. The van der Waals surface area contributed by atoms with E-state index in [2.05, 4.69) is 20.5 Å². The molecule has 0 saturated heterocycles. The summed E-state index contributed by atoms with van der Waals surface area (Å²) in [6.07, 6.45) is 1.18. The molecule has 2 heterocycles. The number of halogens is 1. The lowest BCUT2D eigenvalue weighted by Crippen LogP contribution is -2.46. The van der Waals surface area contributed by atoms with Gasteiger partial charge < -0.3 is 15.5 Å². The van der Waals surface area contributed by atoms with Gasteiger partial charge in [0, 0.05) is 5.56 Å². The quantitative estimate of drug-likeness (QED) is 0.302. The van der Waals surface area contributed by atoms with E-state index >= 15 is 0 Å². The Morgan fingerprint density at radius 1 is 1.12 bits per heavy atom. The molecule has 0 fully saturated rings. The summed E-state index contributed by atoms with van der Waals surface area (Å²) in [7, 11) is 0. The molecule has 0 aliphatic rings. The van der Waals surface area contributed by atoms with Crippen LogP contribution >= 0.6 is 0 Å². The molecule has 3 N–H and O–H groups in total. The zero-order valence-electron chi connectivity index (χ0n) is 22.9. The first-order valence-electron chi connectivity index (χ1n) is 12.7. The van der Waals surface area contributed by atoms with Gasteiger partial charge in [-0.05, 0) is 56.5 Å². The minimum atomic E-state index is -1.01. The SMILES string of the molecule is Cc1cccc(C(C)(C)c2nnc(C(=O)C(NC(=O)Cn3c(-c4ccc(F)cc4)ncc(N)c3=O)C(C)C)o2)c1. The molecule has 0 aliphatic heterocycles. The van der Waals surface area contributed by atoms with Crippen molar-refractivity contribution in [2.45, 2.75) is 52.6 Å². The number of carbonyl (C=O) groups excluding carboxylic acids is 2. The van der Waals surface area contributed by atoms with Crippen LogP contribution in [0.2, 0.25) is 0 Å². The Labute approximate surface area is 230 Å². The number of benzene rings is 2. The predicted molar refractivity (Wildman–Crippen MR) is 147 cm³/mol. The lowest BCUT2D eigenvalue weighted by Gasteiger charge is -2.22. The third-order valence-electron chi connectivity index (χ3n) is 6.65. The van der Waals surface area contributed by atoms with Crippen molar-refractivity contribution in [2.75, 3.05) is 5.73 Å². The Bertz CT molecular complexity index is 1610. The molecule has 1 amide bonds. The maximum Gasteiger partial charge on any atom is 0.286 e. The molecule has 0 saturated carbocycles. The van der Waals surface area contributed by atoms with Gasteiger partial charge in [0.15, 0.2) is 0 Å². The van der Waals surface area contributed by atoms with Gasteiger partial charge in [-0.3, -0.25) is 19.0 Å². The second-order valence-corrected chi connectivity index (χ2v) is 10.5. The molecule has 2 aromatic carbocycles. The van der Waals surface area contributed by atoms with E-state index in [1.54, 1.807) is 13.8 Å². The summed E-state index contributed by atoms with van der Waals surface area (Å²) < 4.78 is 20.3. The van der Waals surface area contributed by atoms with E-state index in [0.717, 1.165) is 15.7 Å². The van der Waals surface area contributed by atoms with Crippen LogP contribution in [0.5, 0.6) is 0 Å². The van der Waals surface area contributed by atoms with Crippen molar-refractivity contribution in [3.8, 4) is 11.4 Å². The molecule has 0 aliphatic carbocycles. The Balaban J connectivity index is 1.57. The summed E-state index contributed by atoms with van der Waals surface area (Å²) in [5, 5.41) is 10.8. The van der Waals surface area contributed by atoms with Gasteiger partial charge in [0.2, 0.25) is 17.6 Å². The molecule has 4 aromatic rings. The lowest BCUT2D eigenvalue weighted by molar-refractivity contribution is -0.122. The van der Waals surface area contributed by atoms with Crippen molar-refractivity contribution in [3.05, 3.63) is 93.8 Å². The van der Waals surface area contributed by atoms with Gasteiger partial charge in [-0.15, -0.1) is 10.2 Å². The number of nitrogens with zero attached hydrogens (tertiary/aromatic N) is 4. The predicted octanol–water partition coefficient (Wildman–Crippen LogP) is 3.67. The molecular formula is C29H31FN6O4. The Morgan fingerprint density at radius 2 is 1.82 bits per heavy atom. The fraction of sp³-hybridized carbons (Fsp3) is 0.310. The number of hydrogen-bond donors (Lipinski definition) is 2. The highest BCUT2D eigenvalue weighted by molar-refractivity contribution is 5.98. The largest absolute Gasteiger partial charge is 0.417 e. The number of anilines is 1. The highest BCUT2D eigenvalue weighted by atomic mass is 19.1. The van der Waals surface area contributed by atoms with E-state index in [1.807, 2.05) is 45.0 Å². The number of Topliss-reactive ketones (excluding diaryl/α,β-unsaturated/α-hetero) is 1. The average Bonchev–Trinajstić information content (AvgIpc) is 3.42. The third-order valence-corrected chi connectivity index (χ3v) is 6.65. The summed E-state index contributed by atoms with van der Waals surface area (Å²) in [5.74, 6) is -1.84. The van der Waals surface area contributed by atoms with Crippen LogP contribution in [-0.2, 0) is 16.8 Å². The number of aromatic nitrogens is 4. The van der Waals surface area contributed by atoms with Gasteiger partial charge >= 0.3 is 0 Å². The highest BCUT2D eigenvalue weighted by Gasteiger charge is 2.34. The van der Waals surface area contributed by atoms with E-state index in [1.165, 1.54) is 30.5 Å². The van der Waals surface area contributed by atoms with E-state index in [-0.39, 0.29) is 29.2 Å². The molecule has 40 heavy (non-hydrogen) atoms. The number of ketones is 1. The van der Waals surface area contributed by atoms with Crippen LogP contribution < -0.4 is 16.6 Å². The summed E-state index contributed by atoms with van der Waals surface area (Å²) in [4.78, 5) is 43.5. The number of aryl methyl sites for hydroxylation is 1. The number of nitrogens with one attached hydrogen (secondary N) is 1. The summed E-state index contributed by atoms with van der Waals surface area (Å²) >= 11 is 0. The lowest BCUT2D eigenvalue weighted by atomic mass is 9.84. The van der Waals surface area contributed by atoms with Gasteiger partial charge in [0.1, 0.15) is 23.9 Å². The smallest absolute Gasteiger partial charge is 0.286 e. The normalized spacial score (nSPS) is 12.4. The fourth-order valence-electron chi connectivity index (χ4n) is 4.25. The molecule has 1 atom stereocenters. The van der Waals surface area contributed by atoms with Crippen molar-refractivity contribution >= 4 is 17.4 Å². The molecule has 208 valence electrons. The van der Waals surface area contributed by atoms with Crippen LogP contribution in [0.4, 0.5) is 10.1 Å². The molecule has 2 aromatic heterocycles. The van der Waals surface area contributed by atoms with Gasteiger partial charge in [0.25, 0.3) is 11.4 Å². The maximum atomic E-state index is 13.4. The van der Waals surface area contributed by atoms with Gasteiger partial charge in [0.05, 0.1) is 17.7 Å². The van der Waals surface area contributed by atoms with E-state index < -0.39 is 41.1 Å². The second-order valence-electron chi connectivity index (χ2n) is 10.5. The van der Waals surface area contributed by atoms with Crippen molar-refractivity contribution in [1.29, 1.82) is 0 Å². The Kier molecular flexibility index (Phi) is 7.94. The van der Waals surface area contributed by atoms with Crippen molar-refractivity contribution in [2.24, 2.45) is 5.92 Å². The summed E-state index contributed by atoms with van der Waals surface area (Å²) in [5.41, 5.74) is 6.73. The van der Waals surface area contributed by atoms with Gasteiger partial charge in [-0.1, -0.05) is 43.7 Å². The second kappa shape index (κ2) is 11.2. The topological polar surface area (TPSA) is 146 Å². The molecule has 4 rings (SSSR count). The van der Waals surface area contributed by atoms with Crippen molar-refractivity contribution in [1.82, 2.24) is 25.1 Å². The molecular weight excluding hydrogens is 515 g/mol. The number of nitrogens with two attached hydrogens (primary N) is 1. The number of rotatable bonds is 9. The Hall–Kier alpha value is -4.67. The minimum absolute atomic E-state index is 0.127. The fourth-order valence-corrected chi connectivity index (χ4v) is 4.25. The van der Waals surface area contributed by atoms with E-state index in [9.17, 15) is 18.8 Å².